The molecule has 4 nitrogen and oxygen atoms in total. The monoisotopic (exact) mass is 178 g/mol. The molecule has 0 unspecified atom stereocenters. The first-order valence-electron chi connectivity index (χ1n) is 4.13. The molecule has 1 aliphatic rings. The van der Waals surface area contributed by atoms with E-state index in [4.69, 9.17) is 0 Å². The van der Waals surface area contributed by atoms with Gasteiger partial charge in [0.15, 0.2) is 0 Å². The number of hydrogen-bond donors (Lipinski definition) is 1. The fourth-order valence-corrected chi connectivity index (χ4v) is 1.50. The molecule has 1 N–H and O–H groups in total. The van der Waals surface area contributed by atoms with Gasteiger partial charge in [0.1, 0.15) is 11.6 Å². The van der Waals surface area contributed by atoms with E-state index in [9.17, 15) is 9.90 Å². The van der Waals surface area contributed by atoms with Crippen molar-refractivity contribution >= 4 is 11.7 Å². The minimum absolute atomic E-state index is 0.0747. The molecule has 0 radical (unpaired) electrons. The van der Waals surface area contributed by atoms with Crippen molar-refractivity contribution in [3.8, 4) is 5.75 Å². The van der Waals surface area contributed by atoms with Gasteiger partial charge < -0.3 is 5.11 Å². The molecule has 13 heavy (non-hydrogen) atoms. The van der Waals surface area contributed by atoms with Crippen LogP contribution in [0, 0.1) is 0 Å². The van der Waals surface area contributed by atoms with Gasteiger partial charge in [0, 0.05) is 13.5 Å². The van der Waals surface area contributed by atoms with Crippen molar-refractivity contribution in [2.45, 2.75) is 12.8 Å². The highest BCUT2D eigenvalue weighted by Crippen LogP contribution is 2.26. The number of nitrogens with zero attached hydrogens (tertiary/aromatic N) is 2. The summed E-state index contributed by atoms with van der Waals surface area (Å²) in [6.07, 6.45) is 2.52. The van der Waals surface area contributed by atoms with Crippen molar-refractivity contribution in [1.29, 1.82) is 0 Å². The average Bonchev–Trinajstić information content (AvgIpc) is 2.12. The maximum atomic E-state index is 11.3. The molecule has 0 aromatic carbocycles. The number of carbonyl (C=O) groups is 1. The highest BCUT2D eigenvalue weighted by molar-refractivity contribution is 5.94. The van der Waals surface area contributed by atoms with Crippen molar-refractivity contribution < 1.29 is 9.90 Å². The average molecular weight is 178 g/mol. The minimum Gasteiger partial charge on any atom is -0.506 e. The lowest BCUT2D eigenvalue weighted by atomic mass is 10.1. The van der Waals surface area contributed by atoms with Crippen LogP contribution in [0.3, 0.4) is 0 Å². The lowest BCUT2D eigenvalue weighted by molar-refractivity contribution is -0.118. The summed E-state index contributed by atoms with van der Waals surface area (Å²) in [6.45, 7) is 0. The predicted octanol–water partition coefficient (Wildman–Crippen LogP) is 0.696. The van der Waals surface area contributed by atoms with Gasteiger partial charge in [-0.25, -0.2) is 4.98 Å². The number of anilines is 1. The molecule has 1 aromatic rings. The Hall–Kier alpha value is -1.58. The lowest BCUT2D eigenvalue weighted by Gasteiger charge is -2.23. The van der Waals surface area contributed by atoms with Gasteiger partial charge in [-0.2, -0.15) is 0 Å². The molecule has 2 rings (SSSR count). The van der Waals surface area contributed by atoms with Crippen LogP contribution in [0.1, 0.15) is 12.0 Å². The Morgan fingerprint density at radius 1 is 1.54 bits per heavy atom. The fraction of sp³-hybridized carbons (Fsp3) is 0.333. The van der Waals surface area contributed by atoms with E-state index in [1.165, 1.54) is 11.1 Å². The summed E-state index contributed by atoms with van der Waals surface area (Å²) in [5.74, 6) is 0.890. The standard InChI is InChI=1S/C9H10N2O2/c1-11-8(13)3-2-6-4-7(12)5-10-9(6)11/h4-5,12H,2-3H2,1H3. The van der Waals surface area contributed by atoms with Crippen LogP contribution in [-0.4, -0.2) is 23.0 Å². The van der Waals surface area contributed by atoms with E-state index in [0.29, 0.717) is 18.7 Å². The number of aryl methyl sites for hydroxylation is 1. The molecular weight excluding hydrogens is 168 g/mol. The summed E-state index contributed by atoms with van der Waals surface area (Å²) in [4.78, 5) is 16.8. The van der Waals surface area contributed by atoms with Crippen LogP contribution in [-0.2, 0) is 11.2 Å². The number of hydrogen-bond acceptors (Lipinski definition) is 3. The van der Waals surface area contributed by atoms with E-state index >= 15 is 0 Å². The van der Waals surface area contributed by atoms with Gasteiger partial charge in [-0.15, -0.1) is 0 Å². The van der Waals surface area contributed by atoms with Crippen LogP contribution in [0.15, 0.2) is 12.3 Å². The quantitative estimate of drug-likeness (QED) is 0.636. The van der Waals surface area contributed by atoms with E-state index in [2.05, 4.69) is 4.98 Å². The highest BCUT2D eigenvalue weighted by atomic mass is 16.3. The fourth-order valence-electron chi connectivity index (χ4n) is 1.50. The van der Waals surface area contributed by atoms with Gasteiger partial charge in [0.25, 0.3) is 0 Å². The van der Waals surface area contributed by atoms with Crippen LogP contribution in [0.5, 0.6) is 5.75 Å². The smallest absolute Gasteiger partial charge is 0.228 e. The zero-order chi connectivity index (χ0) is 9.42. The second kappa shape index (κ2) is 2.73. The Morgan fingerprint density at radius 2 is 2.31 bits per heavy atom. The summed E-state index contributed by atoms with van der Waals surface area (Å²) in [6, 6.07) is 1.66. The van der Waals surface area contributed by atoms with Crippen LogP contribution in [0.25, 0.3) is 0 Å². The molecule has 68 valence electrons. The van der Waals surface area contributed by atoms with Crippen molar-refractivity contribution in [3.05, 3.63) is 17.8 Å². The number of rotatable bonds is 0. The number of fused-ring (bicyclic) bond motifs is 1. The van der Waals surface area contributed by atoms with Crippen molar-refractivity contribution in [2.24, 2.45) is 0 Å². The number of aromatic hydroxyl groups is 1. The molecule has 1 aromatic heterocycles. The lowest BCUT2D eigenvalue weighted by Crippen LogP contribution is -2.31. The normalized spacial score (nSPS) is 15.8. The Labute approximate surface area is 75.8 Å². The Bertz CT molecular complexity index is 363. The molecule has 1 amide bonds. The van der Waals surface area contributed by atoms with Crippen LogP contribution >= 0.6 is 0 Å². The van der Waals surface area contributed by atoms with Gasteiger partial charge in [-0.3, -0.25) is 9.69 Å². The summed E-state index contributed by atoms with van der Waals surface area (Å²) >= 11 is 0. The SMILES string of the molecule is CN1C(=O)CCc2cc(O)cnc21. The third-order valence-electron chi connectivity index (χ3n) is 2.23. The van der Waals surface area contributed by atoms with Crippen LogP contribution < -0.4 is 4.90 Å². The first kappa shape index (κ1) is 8.04. The molecule has 0 saturated heterocycles. The van der Waals surface area contributed by atoms with Crippen LogP contribution in [0.2, 0.25) is 0 Å². The summed E-state index contributed by atoms with van der Waals surface area (Å²) in [5, 5.41) is 9.17. The molecule has 2 heterocycles. The van der Waals surface area contributed by atoms with Crippen LogP contribution in [0.4, 0.5) is 5.82 Å². The minimum atomic E-state index is 0.0747. The predicted molar refractivity (Wildman–Crippen MR) is 47.6 cm³/mol. The summed E-state index contributed by atoms with van der Waals surface area (Å²) < 4.78 is 0. The van der Waals surface area contributed by atoms with E-state index in [1.54, 1.807) is 13.1 Å². The third-order valence-corrected chi connectivity index (χ3v) is 2.23. The molecule has 4 heteroatoms. The molecular formula is C9H10N2O2. The van der Waals surface area contributed by atoms with Gasteiger partial charge in [-0.05, 0) is 18.1 Å². The van der Waals surface area contributed by atoms with Gasteiger partial charge in [0.05, 0.1) is 6.20 Å². The molecule has 0 saturated carbocycles. The summed E-state index contributed by atoms with van der Waals surface area (Å²) in [7, 11) is 1.70. The first-order valence-corrected chi connectivity index (χ1v) is 4.13. The van der Waals surface area contributed by atoms with E-state index in [1.807, 2.05) is 0 Å². The second-order valence-electron chi connectivity index (χ2n) is 3.13. The third kappa shape index (κ3) is 1.24. The number of pyridine rings is 1. The van der Waals surface area contributed by atoms with Crippen molar-refractivity contribution in [2.75, 3.05) is 11.9 Å². The van der Waals surface area contributed by atoms with Gasteiger partial charge in [-0.1, -0.05) is 0 Å². The second-order valence-corrected chi connectivity index (χ2v) is 3.13. The molecule has 0 spiro atoms. The zero-order valence-electron chi connectivity index (χ0n) is 7.32. The van der Waals surface area contributed by atoms with E-state index in [-0.39, 0.29) is 11.7 Å². The van der Waals surface area contributed by atoms with E-state index in [0.717, 1.165) is 5.56 Å². The highest BCUT2D eigenvalue weighted by Gasteiger charge is 2.21. The molecule has 0 atom stereocenters. The van der Waals surface area contributed by atoms with Crippen molar-refractivity contribution in [1.82, 2.24) is 4.98 Å². The Kier molecular flexibility index (Phi) is 1.69. The van der Waals surface area contributed by atoms with Gasteiger partial charge >= 0.3 is 0 Å². The molecule has 0 bridgehead atoms. The number of aromatic nitrogens is 1. The molecule has 0 aliphatic carbocycles. The largest absolute Gasteiger partial charge is 0.506 e. The maximum absolute atomic E-state index is 11.3. The number of carbonyl (C=O) groups excluding carboxylic acids is 1. The molecule has 1 aliphatic heterocycles. The van der Waals surface area contributed by atoms with E-state index < -0.39 is 0 Å². The zero-order valence-corrected chi connectivity index (χ0v) is 7.32. The van der Waals surface area contributed by atoms with Crippen molar-refractivity contribution in [3.63, 3.8) is 0 Å². The summed E-state index contributed by atoms with van der Waals surface area (Å²) in [5.41, 5.74) is 0.933. The topological polar surface area (TPSA) is 53.4 Å². The number of amides is 1. The first-order chi connectivity index (χ1) is 6.18. The van der Waals surface area contributed by atoms with Gasteiger partial charge in [0.2, 0.25) is 5.91 Å². The Balaban J connectivity index is 2.49. The molecule has 0 fully saturated rings. The maximum Gasteiger partial charge on any atom is 0.228 e. The Morgan fingerprint density at radius 3 is 3.08 bits per heavy atom.